The van der Waals surface area contributed by atoms with E-state index in [-0.39, 0.29) is 37.5 Å². The van der Waals surface area contributed by atoms with Crippen LogP contribution < -0.4 is 49.5 Å². The second-order valence-corrected chi connectivity index (χ2v) is 12.0. The van der Waals surface area contributed by atoms with Crippen molar-refractivity contribution >= 4 is 63.3 Å². The second kappa shape index (κ2) is 19.6. The summed E-state index contributed by atoms with van der Waals surface area (Å²) in [5, 5.41) is 37.3. The summed E-state index contributed by atoms with van der Waals surface area (Å²) < 4.78 is 0. The first-order valence-electron chi connectivity index (χ1n) is 16.5. The van der Waals surface area contributed by atoms with Gasteiger partial charge in [0.2, 0.25) is 29.5 Å². The minimum Gasteiger partial charge on any atom is -0.377 e. The van der Waals surface area contributed by atoms with E-state index < -0.39 is 88.0 Å². The summed E-state index contributed by atoms with van der Waals surface area (Å²) in [6, 6.07) is 10.4. The molecule has 0 radical (unpaired) electrons. The molecule has 0 saturated carbocycles. The molecule has 3 rings (SSSR count). The average molecular weight is 751 g/mol. The zero-order valence-corrected chi connectivity index (χ0v) is 29.2. The predicted molar refractivity (Wildman–Crippen MR) is 197 cm³/mol. The van der Waals surface area contributed by atoms with E-state index in [0.717, 1.165) is 29.0 Å². The molecule has 0 fully saturated rings. The lowest BCUT2D eigenvalue weighted by molar-refractivity contribution is -0.393. The van der Waals surface area contributed by atoms with Crippen LogP contribution in [0.25, 0.3) is 10.8 Å². The van der Waals surface area contributed by atoms with Gasteiger partial charge in [-0.05, 0) is 42.2 Å². The van der Waals surface area contributed by atoms with E-state index in [1.807, 2.05) is 36.4 Å². The number of nitro benzene ring substituents is 2. The van der Waals surface area contributed by atoms with Gasteiger partial charge in [-0.15, -0.1) is 0 Å². The maximum absolute atomic E-state index is 13.8. The maximum atomic E-state index is 13.8. The third kappa shape index (κ3) is 12.4. The van der Waals surface area contributed by atoms with Crippen molar-refractivity contribution in [2.75, 3.05) is 25.0 Å². The number of non-ortho nitro benzene ring substituents is 1. The fourth-order valence-corrected chi connectivity index (χ4v) is 5.16. The molecule has 0 heterocycles. The maximum Gasteiger partial charge on any atom is 0.299 e. The van der Waals surface area contributed by atoms with Gasteiger partial charge in [0, 0.05) is 25.6 Å². The van der Waals surface area contributed by atoms with Gasteiger partial charge >= 0.3 is 0 Å². The Bertz CT molecular complexity index is 1920. The lowest BCUT2D eigenvalue weighted by Gasteiger charge is -2.25. The van der Waals surface area contributed by atoms with E-state index in [0.29, 0.717) is 5.56 Å². The second-order valence-electron chi connectivity index (χ2n) is 12.0. The Morgan fingerprint density at radius 3 is 2.07 bits per heavy atom. The van der Waals surface area contributed by atoms with E-state index in [4.69, 9.17) is 22.9 Å². The van der Waals surface area contributed by atoms with E-state index in [2.05, 4.69) is 31.6 Å². The monoisotopic (exact) mass is 750 g/mol. The number of nitro groups is 2. The Balaban J connectivity index is 1.87. The smallest absolute Gasteiger partial charge is 0.299 e. The van der Waals surface area contributed by atoms with Gasteiger partial charge in [-0.25, -0.2) is 0 Å². The van der Waals surface area contributed by atoms with Crippen LogP contribution >= 0.6 is 0 Å². The highest BCUT2D eigenvalue weighted by molar-refractivity contribution is 5.96. The van der Waals surface area contributed by atoms with Gasteiger partial charge < -0.3 is 49.5 Å². The molecule has 0 spiro atoms. The summed E-state index contributed by atoms with van der Waals surface area (Å²) in [4.78, 5) is 90.0. The Labute approximate surface area is 307 Å². The molecular formula is C33H42N12O9. The minimum atomic E-state index is -1.57. The highest BCUT2D eigenvalue weighted by Gasteiger charge is 2.30. The third-order valence-electron chi connectivity index (χ3n) is 7.97. The topological polar surface area (TPSA) is 348 Å². The number of amides is 5. The molecule has 0 aliphatic heterocycles. The Kier molecular flexibility index (Phi) is 15.1. The standard InChI is InChI=1S/C33H42N12O9/c1-18(30(48)42-24(29(35)47)7-4-12-38-33(36)37)40-32(50)26(17-39-23-11-10-22(44(51)52)15-27(23)45(53)54)43-31(49)25(41-28(46)16-34)14-19-8-9-20-5-2-3-6-21(20)13-19/h2-3,5-6,8-11,13,15,18,24-26,39H,4,7,12,14,16-17,34H2,1H3,(H2,35,47)(H,40,50)(H,41,46)(H,42,48)(H,43,49)(H4,36,37,38)/t18-,24-,25-,26-/m0/s1. The number of nitrogens with zero attached hydrogens (tertiary/aromatic N) is 3. The molecule has 0 aliphatic rings. The molecule has 4 atom stereocenters. The van der Waals surface area contributed by atoms with Gasteiger partial charge in [0.15, 0.2) is 5.96 Å². The summed E-state index contributed by atoms with van der Waals surface area (Å²) in [5.41, 5.74) is 20.7. The lowest BCUT2D eigenvalue weighted by Crippen LogP contribution is -2.59. The zero-order valence-electron chi connectivity index (χ0n) is 29.2. The summed E-state index contributed by atoms with van der Waals surface area (Å²) >= 11 is 0. The van der Waals surface area contributed by atoms with Crippen LogP contribution in [0.3, 0.4) is 0 Å². The number of hydrogen-bond donors (Lipinski definition) is 9. The minimum absolute atomic E-state index is 0.0332. The quantitative estimate of drug-likeness (QED) is 0.0215. The zero-order chi connectivity index (χ0) is 39.9. The number of nitrogens with one attached hydrogen (secondary N) is 5. The number of benzene rings is 3. The van der Waals surface area contributed by atoms with Crippen molar-refractivity contribution in [3.8, 4) is 0 Å². The van der Waals surface area contributed by atoms with Gasteiger partial charge in [-0.2, -0.15) is 0 Å². The Morgan fingerprint density at radius 1 is 0.778 bits per heavy atom. The number of primary amides is 1. The molecule has 3 aromatic rings. The fourth-order valence-electron chi connectivity index (χ4n) is 5.16. The molecule has 288 valence electrons. The molecule has 21 heteroatoms. The van der Waals surface area contributed by atoms with Crippen LogP contribution in [0, 0.1) is 20.2 Å². The molecule has 0 unspecified atom stereocenters. The average Bonchev–Trinajstić information content (AvgIpc) is 3.13. The van der Waals surface area contributed by atoms with E-state index in [1.54, 1.807) is 6.07 Å². The van der Waals surface area contributed by atoms with Crippen molar-refractivity contribution in [2.24, 2.45) is 27.9 Å². The Morgan fingerprint density at radius 2 is 1.44 bits per heavy atom. The van der Waals surface area contributed by atoms with Gasteiger partial charge in [0.1, 0.15) is 29.9 Å². The van der Waals surface area contributed by atoms with E-state index in [9.17, 15) is 44.2 Å². The largest absolute Gasteiger partial charge is 0.377 e. The van der Waals surface area contributed by atoms with Crippen molar-refractivity contribution < 1.29 is 33.8 Å². The van der Waals surface area contributed by atoms with Crippen molar-refractivity contribution in [1.29, 1.82) is 0 Å². The first-order chi connectivity index (χ1) is 25.6. The molecule has 0 aromatic heterocycles. The van der Waals surface area contributed by atoms with Crippen LogP contribution in [0.15, 0.2) is 65.7 Å². The molecule has 21 nitrogen and oxygen atoms in total. The highest BCUT2D eigenvalue weighted by Crippen LogP contribution is 2.29. The van der Waals surface area contributed by atoms with Gasteiger partial charge in [-0.3, -0.25) is 49.2 Å². The third-order valence-corrected chi connectivity index (χ3v) is 7.97. The molecular weight excluding hydrogens is 708 g/mol. The number of rotatable bonds is 20. The number of aliphatic imine (C=N–C) groups is 1. The van der Waals surface area contributed by atoms with Crippen LogP contribution in [-0.4, -0.2) is 89.1 Å². The van der Waals surface area contributed by atoms with Crippen LogP contribution in [0.4, 0.5) is 17.1 Å². The number of guanidine groups is 1. The summed E-state index contributed by atoms with van der Waals surface area (Å²) in [5.74, 6) is -4.32. The number of carbonyl (C=O) groups is 5. The molecule has 0 aliphatic carbocycles. The van der Waals surface area contributed by atoms with E-state index >= 15 is 0 Å². The van der Waals surface area contributed by atoms with Crippen LogP contribution in [-0.2, 0) is 30.4 Å². The number of nitrogens with two attached hydrogens (primary N) is 4. The van der Waals surface area contributed by atoms with Crippen molar-refractivity contribution in [2.45, 2.75) is 50.4 Å². The van der Waals surface area contributed by atoms with Gasteiger partial charge in [0.05, 0.1) is 22.5 Å². The SMILES string of the molecule is C[C@H](NC(=O)[C@H](CNc1ccc([N+](=O)[O-])cc1[N+](=O)[O-])NC(=O)[C@H](Cc1ccc2ccccc2c1)NC(=O)CN)C(=O)N[C@@H](CCCN=C(N)N)C(N)=O. The molecule has 13 N–H and O–H groups in total. The molecule has 3 aromatic carbocycles. The van der Waals surface area contributed by atoms with E-state index in [1.165, 1.54) is 6.92 Å². The molecule has 0 saturated heterocycles. The summed E-state index contributed by atoms with van der Waals surface area (Å²) in [6.07, 6.45) is 0.318. The van der Waals surface area contributed by atoms with Crippen molar-refractivity contribution in [1.82, 2.24) is 21.3 Å². The summed E-state index contributed by atoms with van der Waals surface area (Å²) in [6.45, 7) is 0.460. The number of carbonyl (C=O) groups excluding carboxylic acids is 5. The van der Waals surface area contributed by atoms with Gasteiger partial charge in [-0.1, -0.05) is 42.5 Å². The lowest BCUT2D eigenvalue weighted by atomic mass is 10.0. The van der Waals surface area contributed by atoms with Gasteiger partial charge in [0.25, 0.3) is 11.4 Å². The van der Waals surface area contributed by atoms with Crippen LogP contribution in [0.2, 0.25) is 0 Å². The van der Waals surface area contributed by atoms with Crippen molar-refractivity contribution in [3.63, 3.8) is 0 Å². The van der Waals surface area contributed by atoms with Crippen molar-refractivity contribution in [3.05, 3.63) is 86.5 Å². The molecule has 0 bridgehead atoms. The Hall–Kier alpha value is -6.90. The van der Waals surface area contributed by atoms with Crippen LogP contribution in [0.1, 0.15) is 25.3 Å². The number of fused-ring (bicyclic) bond motifs is 1. The first kappa shape index (κ1) is 41.5. The number of anilines is 1. The first-order valence-corrected chi connectivity index (χ1v) is 16.5. The molecule has 5 amide bonds. The normalized spacial score (nSPS) is 12.9. The fraction of sp³-hybridized carbons (Fsp3) is 0.333. The molecule has 54 heavy (non-hydrogen) atoms. The highest BCUT2D eigenvalue weighted by atomic mass is 16.6. The summed E-state index contributed by atoms with van der Waals surface area (Å²) in [7, 11) is 0. The number of hydrogen-bond acceptors (Lipinski definition) is 12. The predicted octanol–water partition coefficient (Wildman–Crippen LogP) is -1.23. The van der Waals surface area contributed by atoms with Crippen LogP contribution in [0.5, 0.6) is 0 Å².